The summed E-state index contributed by atoms with van der Waals surface area (Å²) >= 11 is 3.51. The van der Waals surface area contributed by atoms with Crippen LogP contribution >= 0.6 is 15.9 Å². The largest absolute Gasteiger partial charge is 0.324 e. The van der Waals surface area contributed by atoms with E-state index in [1.54, 1.807) is 0 Å². The molecule has 1 atom stereocenters. The summed E-state index contributed by atoms with van der Waals surface area (Å²) in [4.78, 5) is 2.57. The number of nitrogens with two attached hydrogens (primary N) is 1. The molecule has 1 fully saturated rings. The van der Waals surface area contributed by atoms with E-state index < -0.39 is 0 Å². The van der Waals surface area contributed by atoms with Gasteiger partial charge in [0.15, 0.2) is 0 Å². The SMILES string of the molecule is CC1(C)CCCN(CCC(N)c2cccc(Br)c2)C1. The van der Waals surface area contributed by atoms with E-state index in [1.807, 2.05) is 6.07 Å². The summed E-state index contributed by atoms with van der Waals surface area (Å²) in [5, 5.41) is 0. The molecule has 1 saturated heterocycles. The van der Waals surface area contributed by atoms with Crippen LogP contribution in [0.1, 0.15) is 44.7 Å². The molecule has 19 heavy (non-hydrogen) atoms. The van der Waals surface area contributed by atoms with Crippen LogP contribution in [0.5, 0.6) is 0 Å². The lowest BCUT2D eigenvalue weighted by Crippen LogP contribution is -2.41. The van der Waals surface area contributed by atoms with E-state index in [-0.39, 0.29) is 6.04 Å². The van der Waals surface area contributed by atoms with Crippen molar-refractivity contribution in [3.8, 4) is 0 Å². The molecule has 0 aromatic heterocycles. The minimum Gasteiger partial charge on any atom is -0.324 e. The Balaban J connectivity index is 1.85. The first-order valence-electron chi connectivity index (χ1n) is 7.20. The number of halogens is 1. The van der Waals surface area contributed by atoms with Gasteiger partial charge in [0.25, 0.3) is 0 Å². The monoisotopic (exact) mass is 324 g/mol. The highest BCUT2D eigenvalue weighted by Crippen LogP contribution is 2.29. The summed E-state index contributed by atoms with van der Waals surface area (Å²) in [7, 11) is 0. The molecule has 0 radical (unpaired) electrons. The van der Waals surface area contributed by atoms with E-state index in [9.17, 15) is 0 Å². The smallest absolute Gasteiger partial charge is 0.0307 e. The first-order chi connectivity index (χ1) is 8.96. The van der Waals surface area contributed by atoms with Crippen molar-refractivity contribution >= 4 is 15.9 Å². The van der Waals surface area contributed by atoms with Crippen LogP contribution in [-0.4, -0.2) is 24.5 Å². The van der Waals surface area contributed by atoms with Crippen molar-refractivity contribution < 1.29 is 0 Å². The van der Waals surface area contributed by atoms with Gasteiger partial charge in [-0.25, -0.2) is 0 Å². The highest BCUT2D eigenvalue weighted by Gasteiger charge is 2.26. The summed E-state index contributed by atoms with van der Waals surface area (Å²) < 4.78 is 1.11. The van der Waals surface area contributed by atoms with Crippen LogP contribution in [0.2, 0.25) is 0 Å². The molecule has 1 aromatic carbocycles. The summed E-state index contributed by atoms with van der Waals surface area (Å²) in [6.07, 6.45) is 3.70. The van der Waals surface area contributed by atoms with Crippen molar-refractivity contribution in [2.75, 3.05) is 19.6 Å². The third-order valence-corrected chi connectivity index (χ3v) is 4.51. The lowest BCUT2D eigenvalue weighted by Gasteiger charge is -2.38. The third-order valence-electron chi connectivity index (χ3n) is 4.01. The van der Waals surface area contributed by atoms with Gasteiger partial charge in [-0.15, -0.1) is 0 Å². The van der Waals surface area contributed by atoms with Crippen LogP contribution in [-0.2, 0) is 0 Å². The molecule has 1 unspecified atom stereocenters. The molecular formula is C16H25BrN2. The molecule has 0 bridgehead atoms. The molecule has 2 N–H and O–H groups in total. The molecule has 2 rings (SSSR count). The third kappa shape index (κ3) is 4.59. The van der Waals surface area contributed by atoms with Gasteiger partial charge in [-0.2, -0.15) is 0 Å². The molecular weight excluding hydrogens is 300 g/mol. The molecule has 0 aliphatic carbocycles. The zero-order valence-electron chi connectivity index (χ0n) is 12.0. The molecule has 2 nitrogen and oxygen atoms in total. The first-order valence-corrected chi connectivity index (χ1v) is 7.99. The molecule has 3 heteroatoms. The zero-order valence-corrected chi connectivity index (χ0v) is 13.6. The second kappa shape index (κ2) is 6.38. The fraction of sp³-hybridized carbons (Fsp3) is 0.625. The Morgan fingerprint density at radius 1 is 1.42 bits per heavy atom. The number of benzene rings is 1. The maximum atomic E-state index is 6.30. The number of nitrogens with zero attached hydrogens (tertiary/aromatic N) is 1. The van der Waals surface area contributed by atoms with Gasteiger partial charge in [-0.3, -0.25) is 0 Å². The van der Waals surface area contributed by atoms with E-state index in [0.717, 1.165) is 17.4 Å². The van der Waals surface area contributed by atoms with Crippen LogP contribution < -0.4 is 5.73 Å². The second-order valence-electron chi connectivity index (χ2n) is 6.49. The lowest BCUT2D eigenvalue weighted by atomic mass is 9.84. The number of hydrogen-bond acceptors (Lipinski definition) is 2. The van der Waals surface area contributed by atoms with Gasteiger partial charge < -0.3 is 10.6 Å². The van der Waals surface area contributed by atoms with Gasteiger partial charge in [-0.05, 0) is 55.5 Å². The fourth-order valence-electron chi connectivity index (χ4n) is 2.96. The molecule has 1 aromatic rings. The van der Waals surface area contributed by atoms with Crippen molar-refractivity contribution in [1.29, 1.82) is 0 Å². The Hall–Kier alpha value is -0.380. The second-order valence-corrected chi connectivity index (χ2v) is 7.41. The molecule has 106 valence electrons. The van der Waals surface area contributed by atoms with E-state index >= 15 is 0 Å². The van der Waals surface area contributed by atoms with Gasteiger partial charge in [0, 0.05) is 17.1 Å². The van der Waals surface area contributed by atoms with Crippen molar-refractivity contribution in [2.24, 2.45) is 11.1 Å². The van der Waals surface area contributed by atoms with Crippen molar-refractivity contribution in [1.82, 2.24) is 4.90 Å². The molecule has 1 heterocycles. The van der Waals surface area contributed by atoms with Gasteiger partial charge in [0.1, 0.15) is 0 Å². The average molecular weight is 325 g/mol. The number of piperidine rings is 1. The van der Waals surface area contributed by atoms with Crippen molar-refractivity contribution in [3.05, 3.63) is 34.3 Å². The van der Waals surface area contributed by atoms with Crippen molar-refractivity contribution in [3.63, 3.8) is 0 Å². The van der Waals surface area contributed by atoms with Crippen LogP contribution in [0.4, 0.5) is 0 Å². The minimum atomic E-state index is 0.141. The number of hydrogen-bond donors (Lipinski definition) is 1. The van der Waals surface area contributed by atoms with Gasteiger partial charge in [0.2, 0.25) is 0 Å². The van der Waals surface area contributed by atoms with Crippen LogP contribution in [0.3, 0.4) is 0 Å². The lowest BCUT2D eigenvalue weighted by molar-refractivity contribution is 0.115. The maximum Gasteiger partial charge on any atom is 0.0307 e. The highest BCUT2D eigenvalue weighted by molar-refractivity contribution is 9.10. The van der Waals surface area contributed by atoms with E-state index in [4.69, 9.17) is 5.73 Å². The minimum absolute atomic E-state index is 0.141. The van der Waals surface area contributed by atoms with Gasteiger partial charge in [0.05, 0.1) is 0 Å². The Morgan fingerprint density at radius 3 is 2.89 bits per heavy atom. The van der Waals surface area contributed by atoms with E-state index in [0.29, 0.717) is 5.41 Å². The van der Waals surface area contributed by atoms with Crippen LogP contribution in [0.15, 0.2) is 28.7 Å². The van der Waals surface area contributed by atoms with Gasteiger partial charge >= 0.3 is 0 Å². The summed E-state index contributed by atoms with van der Waals surface area (Å²) in [5.74, 6) is 0. The van der Waals surface area contributed by atoms with Crippen LogP contribution in [0, 0.1) is 5.41 Å². The number of rotatable bonds is 4. The summed E-state index contributed by atoms with van der Waals surface area (Å²) in [6.45, 7) is 8.28. The predicted molar refractivity (Wildman–Crippen MR) is 85.1 cm³/mol. The Kier molecular flexibility index (Phi) is 5.04. The van der Waals surface area contributed by atoms with Gasteiger partial charge in [-0.1, -0.05) is 41.9 Å². The fourth-order valence-corrected chi connectivity index (χ4v) is 3.38. The predicted octanol–water partition coefficient (Wildman–Crippen LogP) is 3.96. The molecule has 0 spiro atoms. The van der Waals surface area contributed by atoms with E-state index in [2.05, 4.69) is 52.9 Å². The Labute approximate surface area is 125 Å². The zero-order chi connectivity index (χ0) is 13.9. The maximum absolute atomic E-state index is 6.30. The standard InChI is InChI=1S/C16H25BrN2/c1-16(2)8-4-9-19(12-16)10-7-15(18)13-5-3-6-14(17)11-13/h3,5-6,11,15H,4,7-10,12,18H2,1-2H3. The Bertz CT molecular complexity index is 417. The number of likely N-dealkylation sites (tertiary alicyclic amines) is 1. The average Bonchev–Trinajstić information content (AvgIpc) is 2.35. The molecule has 0 saturated carbocycles. The normalized spacial score (nSPS) is 21.3. The summed E-state index contributed by atoms with van der Waals surface area (Å²) in [5.41, 5.74) is 8.00. The Morgan fingerprint density at radius 2 is 2.21 bits per heavy atom. The summed E-state index contributed by atoms with van der Waals surface area (Å²) in [6, 6.07) is 8.50. The van der Waals surface area contributed by atoms with E-state index in [1.165, 1.54) is 31.5 Å². The molecule has 1 aliphatic heterocycles. The van der Waals surface area contributed by atoms with Crippen molar-refractivity contribution in [2.45, 2.75) is 39.2 Å². The quantitative estimate of drug-likeness (QED) is 0.908. The first kappa shape index (κ1) is 15.0. The topological polar surface area (TPSA) is 29.3 Å². The molecule has 0 amide bonds. The highest BCUT2D eigenvalue weighted by atomic mass is 79.9. The molecule has 1 aliphatic rings. The van der Waals surface area contributed by atoms with Crippen LogP contribution in [0.25, 0.3) is 0 Å².